The average Bonchev–Trinajstić information content (AvgIpc) is 2.87. The van der Waals surface area contributed by atoms with Crippen molar-refractivity contribution in [2.45, 2.75) is 51.0 Å². The summed E-state index contributed by atoms with van der Waals surface area (Å²) in [7, 11) is 0. The maximum atomic E-state index is 13.2. The van der Waals surface area contributed by atoms with E-state index in [1.54, 1.807) is 12.1 Å². The van der Waals surface area contributed by atoms with Crippen LogP contribution in [0.15, 0.2) is 24.3 Å². The highest BCUT2D eigenvalue weighted by molar-refractivity contribution is 6.09. The van der Waals surface area contributed by atoms with Crippen molar-refractivity contribution in [1.82, 2.24) is 15.5 Å². The zero-order valence-electron chi connectivity index (χ0n) is 15.6. The van der Waals surface area contributed by atoms with Crippen LogP contribution in [0.1, 0.15) is 44.6 Å². The van der Waals surface area contributed by atoms with Crippen LogP contribution in [0.3, 0.4) is 0 Å². The summed E-state index contributed by atoms with van der Waals surface area (Å²) >= 11 is 0. The van der Waals surface area contributed by atoms with Gasteiger partial charge < -0.3 is 10.6 Å². The van der Waals surface area contributed by atoms with E-state index in [-0.39, 0.29) is 18.3 Å². The fourth-order valence-electron chi connectivity index (χ4n) is 3.98. The van der Waals surface area contributed by atoms with Gasteiger partial charge in [-0.05, 0) is 55.7 Å². The molecule has 2 fully saturated rings. The van der Waals surface area contributed by atoms with Crippen molar-refractivity contribution in [1.29, 1.82) is 0 Å². The van der Waals surface area contributed by atoms with Crippen LogP contribution in [0.4, 0.5) is 9.18 Å². The zero-order valence-corrected chi connectivity index (χ0v) is 15.6. The van der Waals surface area contributed by atoms with Crippen LogP contribution in [0.2, 0.25) is 0 Å². The van der Waals surface area contributed by atoms with Gasteiger partial charge in [0.15, 0.2) is 0 Å². The van der Waals surface area contributed by atoms with Gasteiger partial charge in [-0.15, -0.1) is 0 Å². The van der Waals surface area contributed by atoms with Crippen molar-refractivity contribution >= 4 is 17.8 Å². The van der Waals surface area contributed by atoms with Crippen LogP contribution < -0.4 is 10.6 Å². The van der Waals surface area contributed by atoms with Gasteiger partial charge in [0, 0.05) is 6.54 Å². The quantitative estimate of drug-likeness (QED) is 0.750. The molecule has 0 bridgehead atoms. The number of imide groups is 1. The van der Waals surface area contributed by atoms with Crippen molar-refractivity contribution in [3.8, 4) is 0 Å². The number of urea groups is 1. The first-order valence-electron chi connectivity index (χ1n) is 9.59. The predicted molar refractivity (Wildman–Crippen MR) is 98.3 cm³/mol. The molecule has 1 aromatic carbocycles. The molecule has 1 heterocycles. The van der Waals surface area contributed by atoms with Crippen LogP contribution in [0, 0.1) is 11.7 Å². The van der Waals surface area contributed by atoms with E-state index < -0.39 is 17.5 Å². The smallest absolute Gasteiger partial charge is 0.325 e. The summed E-state index contributed by atoms with van der Waals surface area (Å²) in [6.45, 7) is 2.17. The number of nitrogens with zero attached hydrogens (tertiary/aromatic N) is 1. The van der Waals surface area contributed by atoms with Gasteiger partial charge in [-0.25, -0.2) is 9.18 Å². The first-order chi connectivity index (χ1) is 12.9. The maximum Gasteiger partial charge on any atom is 0.325 e. The molecular weight excluding hydrogens is 349 g/mol. The van der Waals surface area contributed by atoms with Crippen molar-refractivity contribution in [2.24, 2.45) is 5.92 Å². The van der Waals surface area contributed by atoms with Crippen molar-refractivity contribution in [3.63, 3.8) is 0 Å². The molecule has 1 aromatic rings. The highest BCUT2D eigenvalue weighted by atomic mass is 19.1. The summed E-state index contributed by atoms with van der Waals surface area (Å²) in [4.78, 5) is 38.2. The number of hydrogen-bond donors (Lipinski definition) is 2. The van der Waals surface area contributed by atoms with Gasteiger partial charge in [-0.2, -0.15) is 0 Å². The van der Waals surface area contributed by atoms with Crippen LogP contribution >= 0.6 is 0 Å². The number of hydrogen-bond acceptors (Lipinski definition) is 3. The molecule has 0 radical (unpaired) electrons. The molecule has 146 valence electrons. The van der Waals surface area contributed by atoms with Gasteiger partial charge in [0.05, 0.1) is 0 Å². The molecule has 1 saturated carbocycles. The van der Waals surface area contributed by atoms with Gasteiger partial charge in [0.2, 0.25) is 5.91 Å². The Hall–Kier alpha value is -2.44. The Morgan fingerprint density at radius 1 is 1.33 bits per heavy atom. The monoisotopic (exact) mass is 375 g/mol. The Labute approximate surface area is 158 Å². The van der Waals surface area contributed by atoms with Crippen LogP contribution in [-0.4, -0.2) is 41.4 Å². The summed E-state index contributed by atoms with van der Waals surface area (Å²) < 4.78 is 13.2. The first kappa shape index (κ1) is 19.3. The van der Waals surface area contributed by atoms with Crippen LogP contribution in [-0.2, 0) is 16.0 Å². The van der Waals surface area contributed by atoms with E-state index >= 15 is 0 Å². The topological polar surface area (TPSA) is 78.5 Å². The molecule has 3 rings (SSSR count). The second-order valence-corrected chi connectivity index (χ2v) is 7.49. The SMILES string of the molecule is CCC1CCC2(CC1)NC(=O)N(CC(=O)NCCc1cccc(F)c1)C2=O. The third-order valence-corrected chi connectivity index (χ3v) is 5.71. The maximum absolute atomic E-state index is 13.2. The highest BCUT2D eigenvalue weighted by Gasteiger charge is 2.52. The summed E-state index contributed by atoms with van der Waals surface area (Å²) in [5, 5.41) is 5.51. The molecule has 2 N–H and O–H groups in total. The van der Waals surface area contributed by atoms with Crippen LogP contribution in [0.25, 0.3) is 0 Å². The molecule has 6 nitrogen and oxygen atoms in total. The van der Waals surface area contributed by atoms with Gasteiger partial charge in [-0.3, -0.25) is 14.5 Å². The Morgan fingerprint density at radius 2 is 2.07 bits per heavy atom. The molecule has 0 atom stereocenters. The number of rotatable bonds is 6. The third kappa shape index (κ3) is 4.28. The highest BCUT2D eigenvalue weighted by Crippen LogP contribution is 2.37. The number of halogens is 1. The summed E-state index contributed by atoms with van der Waals surface area (Å²) in [5.41, 5.74) is -0.0538. The fraction of sp³-hybridized carbons (Fsp3) is 0.550. The molecule has 1 saturated heterocycles. The second-order valence-electron chi connectivity index (χ2n) is 7.49. The van der Waals surface area contributed by atoms with Crippen molar-refractivity contribution in [3.05, 3.63) is 35.6 Å². The average molecular weight is 375 g/mol. The van der Waals surface area contributed by atoms with E-state index in [2.05, 4.69) is 17.6 Å². The van der Waals surface area contributed by atoms with E-state index in [0.717, 1.165) is 29.7 Å². The molecule has 4 amide bonds. The normalized spacial score (nSPS) is 25.0. The molecular formula is C20H26FN3O3. The Kier molecular flexibility index (Phi) is 5.77. The van der Waals surface area contributed by atoms with Gasteiger partial charge >= 0.3 is 6.03 Å². The lowest BCUT2D eigenvalue weighted by atomic mass is 9.75. The number of carbonyl (C=O) groups is 3. The van der Waals surface area contributed by atoms with E-state index in [4.69, 9.17) is 0 Å². The van der Waals surface area contributed by atoms with E-state index in [1.165, 1.54) is 12.1 Å². The van der Waals surface area contributed by atoms with E-state index in [9.17, 15) is 18.8 Å². The number of nitrogens with one attached hydrogen (secondary N) is 2. The van der Waals surface area contributed by atoms with Crippen LogP contribution in [0.5, 0.6) is 0 Å². The summed E-state index contributed by atoms with van der Waals surface area (Å²) in [6.07, 6.45) is 4.65. The lowest BCUT2D eigenvalue weighted by molar-refractivity contribution is -0.136. The Bertz CT molecular complexity index is 729. The molecule has 27 heavy (non-hydrogen) atoms. The lowest BCUT2D eigenvalue weighted by Gasteiger charge is -2.34. The Morgan fingerprint density at radius 3 is 2.74 bits per heavy atom. The van der Waals surface area contributed by atoms with Gasteiger partial charge in [0.25, 0.3) is 5.91 Å². The molecule has 1 aliphatic carbocycles. The fourth-order valence-corrected chi connectivity index (χ4v) is 3.98. The zero-order chi connectivity index (χ0) is 19.4. The molecule has 7 heteroatoms. The van der Waals surface area contributed by atoms with Crippen molar-refractivity contribution < 1.29 is 18.8 Å². The largest absolute Gasteiger partial charge is 0.354 e. The Balaban J connectivity index is 1.50. The van der Waals surface area contributed by atoms with Gasteiger partial charge in [-0.1, -0.05) is 25.5 Å². The minimum atomic E-state index is -0.829. The summed E-state index contributed by atoms with van der Waals surface area (Å²) in [5.74, 6) is -0.404. The van der Waals surface area contributed by atoms with Crippen molar-refractivity contribution in [2.75, 3.05) is 13.1 Å². The third-order valence-electron chi connectivity index (χ3n) is 5.71. The molecule has 1 spiro atoms. The van der Waals surface area contributed by atoms with E-state index in [0.29, 0.717) is 31.7 Å². The number of benzene rings is 1. The number of amides is 4. The second kappa shape index (κ2) is 8.06. The number of carbonyl (C=O) groups excluding carboxylic acids is 3. The predicted octanol–water partition coefficient (Wildman–Crippen LogP) is 2.38. The molecule has 0 unspecified atom stereocenters. The molecule has 1 aliphatic heterocycles. The summed E-state index contributed by atoms with van der Waals surface area (Å²) in [6, 6.07) is 5.69. The standard InChI is InChI=1S/C20H26FN3O3/c1-2-14-6-9-20(10-7-14)18(26)24(19(27)23-20)13-17(25)22-11-8-15-4-3-5-16(21)12-15/h3-5,12,14H,2,6-11,13H2,1H3,(H,22,25)(H,23,27). The first-order valence-corrected chi connectivity index (χ1v) is 9.59. The minimum Gasteiger partial charge on any atom is -0.354 e. The molecule has 2 aliphatic rings. The van der Waals surface area contributed by atoms with E-state index in [1.807, 2.05) is 0 Å². The van der Waals surface area contributed by atoms with Gasteiger partial charge in [0.1, 0.15) is 17.9 Å². The molecule has 0 aromatic heterocycles. The lowest BCUT2D eigenvalue weighted by Crippen LogP contribution is -2.50. The minimum absolute atomic E-state index is 0.285.